The number of carbonyl (C=O) groups excluding carboxylic acids is 1. The summed E-state index contributed by atoms with van der Waals surface area (Å²) in [6.45, 7) is 3.91. The van der Waals surface area contributed by atoms with Gasteiger partial charge in [-0.1, -0.05) is 12.2 Å². The normalized spacial score (nSPS) is 32.2. The SMILES string of the molecule is O=C(N1CCCC1)N1CCCC2(CC=CCC2)C1. The number of piperidine rings is 1. The van der Waals surface area contributed by atoms with E-state index in [1.54, 1.807) is 0 Å². The van der Waals surface area contributed by atoms with Gasteiger partial charge in [0.1, 0.15) is 0 Å². The van der Waals surface area contributed by atoms with Crippen molar-refractivity contribution in [2.24, 2.45) is 5.41 Å². The number of hydrogen-bond acceptors (Lipinski definition) is 1. The van der Waals surface area contributed by atoms with Crippen molar-refractivity contribution in [2.75, 3.05) is 26.2 Å². The Morgan fingerprint density at radius 3 is 2.44 bits per heavy atom. The Morgan fingerprint density at radius 2 is 1.72 bits per heavy atom. The first-order valence-corrected chi connectivity index (χ1v) is 7.48. The van der Waals surface area contributed by atoms with Crippen molar-refractivity contribution in [1.29, 1.82) is 0 Å². The summed E-state index contributed by atoms with van der Waals surface area (Å²) in [5.41, 5.74) is 0.405. The Kier molecular flexibility index (Phi) is 3.31. The fourth-order valence-electron chi connectivity index (χ4n) is 3.79. The lowest BCUT2D eigenvalue weighted by atomic mass is 9.71. The zero-order valence-corrected chi connectivity index (χ0v) is 11.2. The van der Waals surface area contributed by atoms with Gasteiger partial charge in [-0.15, -0.1) is 0 Å². The molecule has 1 unspecified atom stereocenters. The first-order valence-electron chi connectivity index (χ1n) is 7.48. The zero-order valence-electron chi connectivity index (χ0n) is 11.2. The summed E-state index contributed by atoms with van der Waals surface area (Å²) in [5.74, 6) is 0. The van der Waals surface area contributed by atoms with Gasteiger partial charge >= 0.3 is 6.03 Å². The summed E-state index contributed by atoms with van der Waals surface area (Å²) in [7, 11) is 0. The number of rotatable bonds is 0. The number of allylic oxidation sites excluding steroid dienone is 2. The maximum absolute atomic E-state index is 12.5. The van der Waals surface area contributed by atoms with Gasteiger partial charge in [0.25, 0.3) is 0 Å². The Hall–Kier alpha value is -0.990. The standard InChI is InChI=1S/C15H24N2O/c18-14(16-10-4-5-11-16)17-12-6-9-15(13-17)7-2-1-3-8-15/h1-2H,3-13H2. The van der Waals surface area contributed by atoms with Crippen molar-refractivity contribution in [3.63, 3.8) is 0 Å². The van der Waals surface area contributed by atoms with E-state index >= 15 is 0 Å². The summed E-state index contributed by atoms with van der Waals surface area (Å²) in [6.07, 6.45) is 13.1. The highest BCUT2D eigenvalue weighted by Crippen LogP contribution is 2.41. The molecule has 2 aliphatic heterocycles. The smallest absolute Gasteiger partial charge is 0.320 e. The van der Waals surface area contributed by atoms with Crippen LogP contribution in [0.2, 0.25) is 0 Å². The van der Waals surface area contributed by atoms with E-state index in [1.165, 1.54) is 44.9 Å². The molecule has 2 fully saturated rings. The van der Waals surface area contributed by atoms with Gasteiger partial charge in [-0.2, -0.15) is 0 Å². The van der Waals surface area contributed by atoms with Gasteiger partial charge in [-0.3, -0.25) is 0 Å². The third-order valence-electron chi connectivity index (χ3n) is 4.87. The molecular weight excluding hydrogens is 224 g/mol. The first-order chi connectivity index (χ1) is 8.79. The van der Waals surface area contributed by atoms with Crippen LogP contribution in [0.5, 0.6) is 0 Å². The number of nitrogens with zero attached hydrogens (tertiary/aromatic N) is 2. The summed E-state index contributed by atoms with van der Waals surface area (Å²) in [5, 5.41) is 0. The lowest BCUT2D eigenvalue weighted by Crippen LogP contribution is -2.50. The van der Waals surface area contributed by atoms with E-state index in [4.69, 9.17) is 0 Å². The maximum atomic E-state index is 12.5. The van der Waals surface area contributed by atoms with Crippen LogP contribution in [0, 0.1) is 5.41 Å². The van der Waals surface area contributed by atoms with Crippen molar-refractivity contribution in [3.05, 3.63) is 12.2 Å². The van der Waals surface area contributed by atoms with Gasteiger partial charge in [0.2, 0.25) is 0 Å². The average Bonchev–Trinajstić information content (AvgIpc) is 2.93. The number of carbonyl (C=O) groups is 1. The van der Waals surface area contributed by atoms with Crippen molar-refractivity contribution in [3.8, 4) is 0 Å². The van der Waals surface area contributed by atoms with Crippen molar-refractivity contribution in [2.45, 2.75) is 44.9 Å². The largest absolute Gasteiger partial charge is 0.325 e. The number of hydrogen-bond donors (Lipinski definition) is 0. The van der Waals surface area contributed by atoms with E-state index in [0.29, 0.717) is 11.4 Å². The number of likely N-dealkylation sites (tertiary alicyclic amines) is 2. The average molecular weight is 248 g/mol. The second-order valence-corrected chi connectivity index (χ2v) is 6.22. The summed E-state index contributed by atoms with van der Waals surface area (Å²) >= 11 is 0. The highest BCUT2D eigenvalue weighted by atomic mass is 16.2. The van der Waals surface area contributed by atoms with Crippen LogP contribution >= 0.6 is 0 Å². The van der Waals surface area contributed by atoms with Crippen LogP contribution in [0.15, 0.2) is 12.2 Å². The van der Waals surface area contributed by atoms with Gasteiger partial charge in [0.05, 0.1) is 0 Å². The molecule has 0 saturated carbocycles. The molecule has 0 aromatic rings. The zero-order chi connectivity index (χ0) is 12.4. The molecule has 2 amide bonds. The van der Waals surface area contributed by atoms with Crippen molar-refractivity contribution in [1.82, 2.24) is 9.80 Å². The number of amides is 2. The fraction of sp³-hybridized carbons (Fsp3) is 0.800. The molecule has 3 rings (SSSR count). The van der Waals surface area contributed by atoms with Crippen LogP contribution in [0.3, 0.4) is 0 Å². The Bertz CT molecular complexity index is 346. The van der Waals surface area contributed by atoms with Crippen LogP contribution in [0.4, 0.5) is 4.79 Å². The van der Waals surface area contributed by atoms with E-state index in [-0.39, 0.29) is 0 Å². The van der Waals surface area contributed by atoms with Gasteiger partial charge < -0.3 is 9.80 Å². The molecule has 0 N–H and O–H groups in total. The molecule has 18 heavy (non-hydrogen) atoms. The van der Waals surface area contributed by atoms with E-state index < -0.39 is 0 Å². The predicted octanol–water partition coefficient (Wildman–Crippen LogP) is 3.02. The van der Waals surface area contributed by atoms with E-state index in [2.05, 4.69) is 22.0 Å². The Balaban J connectivity index is 1.66. The molecule has 2 heterocycles. The molecule has 0 radical (unpaired) electrons. The minimum atomic E-state index is 0.307. The molecule has 0 aromatic heterocycles. The molecule has 1 atom stereocenters. The van der Waals surface area contributed by atoms with Gasteiger partial charge in [-0.25, -0.2) is 4.79 Å². The monoisotopic (exact) mass is 248 g/mol. The first kappa shape index (κ1) is 12.1. The maximum Gasteiger partial charge on any atom is 0.320 e. The minimum absolute atomic E-state index is 0.307. The van der Waals surface area contributed by atoms with Crippen molar-refractivity contribution < 1.29 is 4.79 Å². The molecule has 1 aliphatic carbocycles. The third kappa shape index (κ3) is 2.27. The topological polar surface area (TPSA) is 23.6 Å². The van der Waals surface area contributed by atoms with E-state index in [9.17, 15) is 4.79 Å². The minimum Gasteiger partial charge on any atom is -0.325 e. The lowest BCUT2D eigenvalue weighted by molar-refractivity contribution is 0.0812. The molecule has 100 valence electrons. The third-order valence-corrected chi connectivity index (χ3v) is 4.87. The fourth-order valence-corrected chi connectivity index (χ4v) is 3.79. The van der Waals surface area contributed by atoms with Crippen LogP contribution in [0.25, 0.3) is 0 Å². The molecule has 0 aromatic carbocycles. The van der Waals surface area contributed by atoms with Crippen LogP contribution in [-0.4, -0.2) is 42.0 Å². The van der Waals surface area contributed by atoms with Crippen molar-refractivity contribution >= 4 is 6.03 Å². The number of urea groups is 1. The molecule has 3 aliphatic rings. The quantitative estimate of drug-likeness (QED) is 0.604. The molecule has 1 spiro atoms. The van der Waals surface area contributed by atoms with E-state index in [1.807, 2.05) is 0 Å². The Labute approximate surface area is 110 Å². The second-order valence-electron chi connectivity index (χ2n) is 6.22. The van der Waals surface area contributed by atoms with E-state index in [0.717, 1.165) is 26.2 Å². The summed E-state index contributed by atoms with van der Waals surface area (Å²) in [4.78, 5) is 16.6. The van der Waals surface area contributed by atoms with Gasteiger partial charge in [0.15, 0.2) is 0 Å². The van der Waals surface area contributed by atoms with Crippen LogP contribution < -0.4 is 0 Å². The van der Waals surface area contributed by atoms with Crippen LogP contribution in [0.1, 0.15) is 44.9 Å². The Morgan fingerprint density at radius 1 is 0.944 bits per heavy atom. The predicted molar refractivity (Wildman–Crippen MR) is 72.4 cm³/mol. The molecular formula is C15H24N2O. The summed E-state index contributed by atoms with van der Waals surface area (Å²) in [6, 6.07) is 0.307. The van der Waals surface area contributed by atoms with Crippen LogP contribution in [-0.2, 0) is 0 Å². The second kappa shape index (κ2) is 4.94. The molecule has 2 saturated heterocycles. The molecule has 0 bridgehead atoms. The highest BCUT2D eigenvalue weighted by molar-refractivity contribution is 5.74. The van der Waals surface area contributed by atoms with Gasteiger partial charge in [0, 0.05) is 26.2 Å². The molecule has 3 nitrogen and oxygen atoms in total. The summed E-state index contributed by atoms with van der Waals surface area (Å²) < 4.78 is 0. The molecule has 3 heteroatoms. The lowest BCUT2D eigenvalue weighted by Gasteiger charge is -2.44. The van der Waals surface area contributed by atoms with Gasteiger partial charge in [-0.05, 0) is 50.4 Å². The highest BCUT2D eigenvalue weighted by Gasteiger charge is 2.38.